The summed E-state index contributed by atoms with van der Waals surface area (Å²) in [6, 6.07) is 7.46. The van der Waals surface area contributed by atoms with Gasteiger partial charge in [0.2, 0.25) is 5.91 Å². The highest BCUT2D eigenvalue weighted by molar-refractivity contribution is 6.30. The zero-order chi connectivity index (χ0) is 15.3. The van der Waals surface area contributed by atoms with Crippen molar-refractivity contribution in [1.82, 2.24) is 10.2 Å². The molecule has 1 aliphatic heterocycles. The van der Waals surface area contributed by atoms with Crippen LogP contribution in [0.5, 0.6) is 0 Å². The molecular formula is C15H21ClN2O3. The van der Waals surface area contributed by atoms with Gasteiger partial charge in [-0.05, 0) is 24.7 Å². The number of likely N-dealkylation sites (N-methyl/N-ethyl adjacent to an activating group) is 1. The van der Waals surface area contributed by atoms with Crippen LogP contribution in [0.3, 0.4) is 0 Å². The Morgan fingerprint density at radius 3 is 2.81 bits per heavy atom. The average Bonchev–Trinajstić information content (AvgIpc) is 2.50. The molecule has 1 aromatic carbocycles. The molecule has 2 rings (SSSR count). The smallest absolute Gasteiger partial charge is 0.236 e. The summed E-state index contributed by atoms with van der Waals surface area (Å²) in [7, 11) is 1.74. The second-order valence-corrected chi connectivity index (χ2v) is 5.77. The second-order valence-electron chi connectivity index (χ2n) is 5.34. The molecule has 0 spiro atoms. The van der Waals surface area contributed by atoms with Crippen LogP contribution in [0.15, 0.2) is 24.3 Å². The van der Waals surface area contributed by atoms with Crippen molar-refractivity contribution in [1.29, 1.82) is 0 Å². The number of carbonyl (C=O) groups is 1. The SMILES string of the molecule is CNCC(=O)N1CCO[C@](CO)(Cc2ccc(Cl)cc2)C1. The predicted molar refractivity (Wildman–Crippen MR) is 81.4 cm³/mol. The first kappa shape index (κ1) is 16.2. The lowest BCUT2D eigenvalue weighted by Crippen LogP contribution is -2.57. The molecule has 5 nitrogen and oxygen atoms in total. The number of nitrogens with one attached hydrogen (secondary N) is 1. The summed E-state index contributed by atoms with van der Waals surface area (Å²) in [6.07, 6.45) is 0.546. The van der Waals surface area contributed by atoms with E-state index in [0.29, 0.717) is 37.7 Å². The molecule has 0 bridgehead atoms. The van der Waals surface area contributed by atoms with Crippen LogP contribution >= 0.6 is 11.6 Å². The van der Waals surface area contributed by atoms with Gasteiger partial charge in [-0.25, -0.2) is 0 Å². The maximum atomic E-state index is 12.0. The molecule has 0 radical (unpaired) electrons. The van der Waals surface area contributed by atoms with Crippen molar-refractivity contribution in [2.24, 2.45) is 0 Å². The van der Waals surface area contributed by atoms with Crippen molar-refractivity contribution in [2.45, 2.75) is 12.0 Å². The van der Waals surface area contributed by atoms with Gasteiger partial charge in [0.1, 0.15) is 5.60 Å². The van der Waals surface area contributed by atoms with Crippen molar-refractivity contribution in [3.05, 3.63) is 34.9 Å². The molecule has 1 fully saturated rings. The van der Waals surface area contributed by atoms with Gasteiger partial charge in [-0.3, -0.25) is 4.79 Å². The lowest BCUT2D eigenvalue weighted by Gasteiger charge is -2.42. The summed E-state index contributed by atoms with van der Waals surface area (Å²) in [6.45, 7) is 1.56. The Morgan fingerprint density at radius 2 is 2.19 bits per heavy atom. The average molecular weight is 313 g/mol. The quantitative estimate of drug-likeness (QED) is 0.840. The number of amides is 1. The molecule has 1 atom stereocenters. The zero-order valence-corrected chi connectivity index (χ0v) is 12.9. The lowest BCUT2D eigenvalue weighted by atomic mass is 9.93. The van der Waals surface area contributed by atoms with E-state index in [1.807, 2.05) is 24.3 Å². The number of rotatable bonds is 5. The largest absolute Gasteiger partial charge is 0.393 e. The fraction of sp³-hybridized carbons (Fsp3) is 0.533. The predicted octanol–water partition coefficient (Wildman–Crippen LogP) is 0.692. The van der Waals surface area contributed by atoms with E-state index in [0.717, 1.165) is 5.56 Å². The van der Waals surface area contributed by atoms with Crippen LogP contribution in [-0.2, 0) is 16.0 Å². The van der Waals surface area contributed by atoms with E-state index in [2.05, 4.69) is 5.32 Å². The van der Waals surface area contributed by atoms with Crippen LogP contribution in [0.4, 0.5) is 0 Å². The summed E-state index contributed by atoms with van der Waals surface area (Å²) >= 11 is 5.88. The van der Waals surface area contributed by atoms with E-state index in [1.165, 1.54) is 0 Å². The molecule has 21 heavy (non-hydrogen) atoms. The first-order valence-corrected chi connectivity index (χ1v) is 7.38. The van der Waals surface area contributed by atoms with Gasteiger partial charge in [0.05, 0.1) is 26.3 Å². The minimum Gasteiger partial charge on any atom is -0.393 e. The normalized spacial score (nSPS) is 22.3. The van der Waals surface area contributed by atoms with Crippen LogP contribution in [0.1, 0.15) is 5.56 Å². The molecule has 1 aliphatic rings. The Kier molecular flexibility index (Phi) is 5.58. The molecule has 116 valence electrons. The first-order chi connectivity index (χ1) is 10.1. The third-order valence-corrected chi connectivity index (χ3v) is 3.91. The molecule has 1 heterocycles. The number of ether oxygens (including phenoxy) is 1. The lowest BCUT2D eigenvalue weighted by molar-refractivity contribution is -0.157. The van der Waals surface area contributed by atoms with Crippen LogP contribution in [0.25, 0.3) is 0 Å². The molecule has 6 heteroatoms. The maximum absolute atomic E-state index is 12.0. The van der Waals surface area contributed by atoms with Gasteiger partial charge in [-0.2, -0.15) is 0 Å². The number of nitrogens with zero attached hydrogens (tertiary/aromatic N) is 1. The van der Waals surface area contributed by atoms with E-state index in [9.17, 15) is 9.90 Å². The third-order valence-electron chi connectivity index (χ3n) is 3.66. The minimum absolute atomic E-state index is 0.0229. The Bertz CT molecular complexity index is 480. The Balaban J connectivity index is 2.09. The fourth-order valence-corrected chi connectivity index (χ4v) is 2.68. The van der Waals surface area contributed by atoms with Crippen LogP contribution in [-0.4, -0.2) is 61.4 Å². The standard InChI is InChI=1S/C15H21ClN2O3/c1-17-9-14(20)18-6-7-21-15(10-18,11-19)8-12-2-4-13(16)5-3-12/h2-5,17,19H,6-11H2,1H3/t15-/m1/s1. The molecule has 1 amide bonds. The van der Waals surface area contributed by atoms with Gasteiger partial charge >= 0.3 is 0 Å². The van der Waals surface area contributed by atoms with E-state index in [1.54, 1.807) is 11.9 Å². The topological polar surface area (TPSA) is 61.8 Å². The van der Waals surface area contributed by atoms with Gasteiger partial charge in [0.25, 0.3) is 0 Å². The third kappa shape index (κ3) is 4.17. The number of aliphatic hydroxyl groups excluding tert-OH is 1. The second kappa shape index (κ2) is 7.22. The minimum atomic E-state index is -0.741. The monoisotopic (exact) mass is 312 g/mol. The number of benzene rings is 1. The molecule has 0 aromatic heterocycles. The summed E-state index contributed by atoms with van der Waals surface area (Å²) in [5.74, 6) is 0.0229. The van der Waals surface area contributed by atoms with E-state index < -0.39 is 5.60 Å². The molecule has 0 aliphatic carbocycles. The number of morpholine rings is 1. The molecule has 0 unspecified atom stereocenters. The number of hydrogen-bond acceptors (Lipinski definition) is 4. The van der Waals surface area contributed by atoms with Crippen molar-refractivity contribution < 1.29 is 14.6 Å². The summed E-state index contributed by atoms with van der Waals surface area (Å²) < 4.78 is 5.81. The van der Waals surface area contributed by atoms with E-state index >= 15 is 0 Å². The number of hydrogen-bond donors (Lipinski definition) is 2. The molecule has 1 aromatic rings. The molecule has 1 saturated heterocycles. The zero-order valence-electron chi connectivity index (χ0n) is 12.1. The first-order valence-electron chi connectivity index (χ1n) is 7.00. The summed E-state index contributed by atoms with van der Waals surface area (Å²) in [4.78, 5) is 13.7. The van der Waals surface area contributed by atoms with Crippen molar-refractivity contribution >= 4 is 17.5 Å². The van der Waals surface area contributed by atoms with E-state index in [4.69, 9.17) is 16.3 Å². The van der Waals surface area contributed by atoms with Gasteiger partial charge < -0.3 is 20.1 Å². The Hall–Kier alpha value is -1.14. The van der Waals surface area contributed by atoms with Gasteiger partial charge in [-0.15, -0.1) is 0 Å². The highest BCUT2D eigenvalue weighted by Gasteiger charge is 2.37. The van der Waals surface area contributed by atoms with E-state index in [-0.39, 0.29) is 12.5 Å². The van der Waals surface area contributed by atoms with Crippen molar-refractivity contribution in [3.63, 3.8) is 0 Å². The summed E-state index contributed by atoms with van der Waals surface area (Å²) in [5, 5.41) is 13.3. The van der Waals surface area contributed by atoms with Crippen LogP contribution in [0, 0.1) is 0 Å². The molecular weight excluding hydrogens is 292 g/mol. The van der Waals surface area contributed by atoms with Gasteiger partial charge in [-0.1, -0.05) is 23.7 Å². The highest BCUT2D eigenvalue weighted by atomic mass is 35.5. The van der Waals surface area contributed by atoms with Gasteiger partial charge in [0.15, 0.2) is 0 Å². The van der Waals surface area contributed by atoms with Crippen LogP contribution < -0.4 is 5.32 Å². The Morgan fingerprint density at radius 1 is 1.48 bits per heavy atom. The van der Waals surface area contributed by atoms with Crippen LogP contribution in [0.2, 0.25) is 5.02 Å². The number of halogens is 1. The molecule has 0 saturated carbocycles. The summed E-state index contributed by atoms with van der Waals surface area (Å²) in [5.41, 5.74) is 0.284. The molecule has 2 N–H and O–H groups in total. The van der Waals surface area contributed by atoms with Crippen molar-refractivity contribution in [2.75, 3.05) is 39.9 Å². The maximum Gasteiger partial charge on any atom is 0.236 e. The fourth-order valence-electron chi connectivity index (χ4n) is 2.55. The Labute approximate surface area is 129 Å². The number of carbonyl (C=O) groups excluding carboxylic acids is 1. The van der Waals surface area contributed by atoms with Crippen molar-refractivity contribution in [3.8, 4) is 0 Å². The highest BCUT2D eigenvalue weighted by Crippen LogP contribution is 2.24. The van der Waals surface area contributed by atoms with Gasteiger partial charge in [0, 0.05) is 18.0 Å². The number of aliphatic hydroxyl groups is 1.